The maximum atomic E-state index is 5.21. The largest absolute Gasteiger partial charge is 0.380 e. The first-order chi connectivity index (χ1) is 4.71. The zero-order chi connectivity index (χ0) is 7.61. The summed E-state index contributed by atoms with van der Waals surface area (Å²) in [7, 11) is 2.00. The second-order valence-corrected chi connectivity index (χ2v) is 3.54. The minimum absolute atomic E-state index is 0.439. The van der Waals surface area contributed by atoms with Gasteiger partial charge in [-0.2, -0.15) is 0 Å². The molecule has 0 atom stereocenters. The van der Waals surface area contributed by atoms with Crippen molar-refractivity contribution in [1.29, 1.82) is 0 Å². The molecule has 0 bridgehead atoms. The Balaban J connectivity index is 2.42. The van der Waals surface area contributed by atoms with Crippen molar-refractivity contribution in [2.24, 2.45) is 11.3 Å². The van der Waals surface area contributed by atoms with Crippen LogP contribution >= 0.6 is 0 Å². The molecule has 1 fully saturated rings. The molecule has 1 N–H and O–H groups in total. The number of ether oxygens (including phenoxy) is 1. The normalized spacial score (nSPS) is 22.8. The minimum Gasteiger partial charge on any atom is -0.380 e. The first kappa shape index (κ1) is 8.02. The summed E-state index contributed by atoms with van der Waals surface area (Å²) in [6.07, 6.45) is 0. The van der Waals surface area contributed by atoms with Crippen LogP contribution in [0.15, 0.2) is 0 Å². The minimum atomic E-state index is 0.439. The molecule has 0 aromatic heterocycles. The molecule has 10 heavy (non-hydrogen) atoms. The van der Waals surface area contributed by atoms with Crippen molar-refractivity contribution in [2.45, 2.75) is 13.8 Å². The highest BCUT2D eigenvalue weighted by Gasteiger charge is 2.40. The second-order valence-electron chi connectivity index (χ2n) is 3.54. The van der Waals surface area contributed by atoms with Gasteiger partial charge in [-0.3, -0.25) is 0 Å². The maximum absolute atomic E-state index is 5.21. The van der Waals surface area contributed by atoms with Crippen LogP contribution in [0.1, 0.15) is 13.8 Å². The van der Waals surface area contributed by atoms with Crippen molar-refractivity contribution in [3.8, 4) is 0 Å². The molecule has 1 rings (SSSR count). The molecule has 0 amide bonds. The van der Waals surface area contributed by atoms with Crippen LogP contribution in [-0.4, -0.2) is 26.8 Å². The van der Waals surface area contributed by atoms with Crippen LogP contribution in [0.2, 0.25) is 0 Å². The molecule has 2 heteroatoms. The zero-order valence-corrected chi connectivity index (χ0v) is 7.11. The molecular formula is C8H17NO. The topological polar surface area (TPSA) is 21.3 Å². The van der Waals surface area contributed by atoms with Crippen molar-refractivity contribution in [2.75, 3.05) is 26.8 Å². The monoisotopic (exact) mass is 143 g/mol. The number of nitrogens with one attached hydrogen (secondary N) is 1. The van der Waals surface area contributed by atoms with Gasteiger partial charge in [0, 0.05) is 12.0 Å². The Morgan fingerprint density at radius 3 is 2.20 bits per heavy atom. The highest BCUT2D eigenvalue weighted by molar-refractivity contribution is 4.89. The summed E-state index contributed by atoms with van der Waals surface area (Å²) in [5.41, 5.74) is 0.439. The van der Waals surface area contributed by atoms with Gasteiger partial charge >= 0.3 is 0 Å². The van der Waals surface area contributed by atoms with Gasteiger partial charge in [0.1, 0.15) is 0 Å². The zero-order valence-electron chi connectivity index (χ0n) is 7.11. The SMILES string of the molecule is CNCC1(C(C)C)COC1. The molecule has 0 spiro atoms. The van der Waals surface area contributed by atoms with E-state index in [9.17, 15) is 0 Å². The standard InChI is InChI=1S/C8H17NO/c1-7(2)8(4-9-3)5-10-6-8/h7,9H,4-6H2,1-3H3. The molecule has 60 valence electrons. The molecule has 0 aromatic rings. The van der Waals surface area contributed by atoms with Crippen molar-refractivity contribution in [3.63, 3.8) is 0 Å². The Labute approximate surface area is 63.0 Å². The molecule has 1 saturated heterocycles. The van der Waals surface area contributed by atoms with Crippen LogP contribution in [0.4, 0.5) is 0 Å². The van der Waals surface area contributed by atoms with Gasteiger partial charge in [-0.15, -0.1) is 0 Å². The molecule has 1 aliphatic heterocycles. The van der Waals surface area contributed by atoms with E-state index in [0.29, 0.717) is 5.41 Å². The van der Waals surface area contributed by atoms with Gasteiger partial charge in [-0.25, -0.2) is 0 Å². The van der Waals surface area contributed by atoms with E-state index in [4.69, 9.17) is 4.74 Å². The third kappa shape index (κ3) is 1.18. The second kappa shape index (κ2) is 2.89. The van der Waals surface area contributed by atoms with Gasteiger partial charge in [0.05, 0.1) is 13.2 Å². The average molecular weight is 143 g/mol. The third-order valence-electron chi connectivity index (χ3n) is 2.53. The van der Waals surface area contributed by atoms with E-state index in [0.717, 1.165) is 25.7 Å². The summed E-state index contributed by atoms with van der Waals surface area (Å²) >= 11 is 0. The lowest BCUT2D eigenvalue weighted by Crippen LogP contribution is -2.52. The van der Waals surface area contributed by atoms with E-state index in [1.54, 1.807) is 0 Å². The summed E-state index contributed by atoms with van der Waals surface area (Å²) in [5.74, 6) is 0.730. The van der Waals surface area contributed by atoms with Crippen molar-refractivity contribution >= 4 is 0 Å². The third-order valence-corrected chi connectivity index (χ3v) is 2.53. The first-order valence-corrected chi connectivity index (χ1v) is 3.93. The lowest BCUT2D eigenvalue weighted by molar-refractivity contribution is -0.135. The molecular weight excluding hydrogens is 126 g/mol. The van der Waals surface area contributed by atoms with E-state index < -0.39 is 0 Å². The summed E-state index contributed by atoms with van der Waals surface area (Å²) in [6.45, 7) is 7.49. The smallest absolute Gasteiger partial charge is 0.0559 e. The van der Waals surface area contributed by atoms with E-state index in [2.05, 4.69) is 19.2 Å². The molecule has 1 heterocycles. The average Bonchev–Trinajstić information content (AvgIpc) is 1.77. The molecule has 0 radical (unpaired) electrons. The van der Waals surface area contributed by atoms with Gasteiger partial charge < -0.3 is 10.1 Å². The van der Waals surface area contributed by atoms with E-state index in [1.807, 2.05) is 7.05 Å². The number of rotatable bonds is 3. The Morgan fingerprint density at radius 1 is 1.50 bits per heavy atom. The first-order valence-electron chi connectivity index (χ1n) is 3.93. The highest BCUT2D eigenvalue weighted by atomic mass is 16.5. The maximum Gasteiger partial charge on any atom is 0.0559 e. The predicted molar refractivity (Wildman–Crippen MR) is 42.0 cm³/mol. The summed E-state index contributed by atoms with van der Waals surface area (Å²) < 4.78 is 5.21. The molecule has 0 aliphatic carbocycles. The van der Waals surface area contributed by atoms with Gasteiger partial charge in [0.15, 0.2) is 0 Å². The Bertz CT molecular complexity index is 108. The van der Waals surface area contributed by atoms with Gasteiger partial charge in [-0.05, 0) is 13.0 Å². The molecule has 0 aromatic carbocycles. The predicted octanol–water partition coefficient (Wildman–Crippen LogP) is 0.878. The van der Waals surface area contributed by atoms with Crippen LogP contribution in [0.25, 0.3) is 0 Å². The summed E-state index contributed by atoms with van der Waals surface area (Å²) in [6, 6.07) is 0. The fourth-order valence-corrected chi connectivity index (χ4v) is 1.36. The van der Waals surface area contributed by atoms with Crippen LogP contribution in [0, 0.1) is 11.3 Å². The van der Waals surface area contributed by atoms with Crippen molar-refractivity contribution in [3.05, 3.63) is 0 Å². The highest BCUT2D eigenvalue weighted by Crippen LogP contribution is 2.34. The number of hydrogen-bond donors (Lipinski definition) is 1. The molecule has 1 aliphatic rings. The Kier molecular flexibility index (Phi) is 2.32. The van der Waals surface area contributed by atoms with Crippen LogP contribution in [0.3, 0.4) is 0 Å². The van der Waals surface area contributed by atoms with Crippen LogP contribution in [-0.2, 0) is 4.74 Å². The molecule has 0 saturated carbocycles. The van der Waals surface area contributed by atoms with Gasteiger partial charge in [0.2, 0.25) is 0 Å². The molecule has 2 nitrogen and oxygen atoms in total. The summed E-state index contributed by atoms with van der Waals surface area (Å²) in [4.78, 5) is 0. The van der Waals surface area contributed by atoms with Crippen LogP contribution in [0.5, 0.6) is 0 Å². The van der Waals surface area contributed by atoms with Crippen LogP contribution < -0.4 is 5.32 Å². The fourth-order valence-electron chi connectivity index (χ4n) is 1.36. The Morgan fingerprint density at radius 2 is 2.10 bits per heavy atom. The van der Waals surface area contributed by atoms with Gasteiger partial charge in [0.25, 0.3) is 0 Å². The van der Waals surface area contributed by atoms with Crippen molar-refractivity contribution in [1.82, 2.24) is 5.32 Å². The molecule has 0 unspecified atom stereocenters. The van der Waals surface area contributed by atoms with E-state index >= 15 is 0 Å². The van der Waals surface area contributed by atoms with E-state index in [-0.39, 0.29) is 0 Å². The summed E-state index contributed by atoms with van der Waals surface area (Å²) in [5, 5.41) is 3.21. The lowest BCUT2D eigenvalue weighted by atomic mass is 9.75. The van der Waals surface area contributed by atoms with E-state index in [1.165, 1.54) is 0 Å². The van der Waals surface area contributed by atoms with Gasteiger partial charge in [-0.1, -0.05) is 13.8 Å². The lowest BCUT2D eigenvalue weighted by Gasteiger charge is -2.44. The number of hydrogen-bond acceptors (Lipinski definition) is 2. The fraction of sp³-hybridized carbons (Fsp3) is 1.00. The Hall–Kier alpha value is -0.0800. The van der Waals surface area contributed by atoms with Crippen molar-refractivity contribution < 1.29 is 4.74 Å². The quantitative estimate of drug-likeness (QED) is 0.633.